The lowest BCUT2D eigenvalue weighted by molar-refractivity contribution is 0.0754. The fourth-order valence-corrected chi connectivity index (χ4v) is 3.72. The molecule has 6 nitrogen and oxygen atoms in total. The van der Waals surface area contributed by atoms with Gasteiger partial charge in [-0.05, 0) is 58.1 Å². The van der Waals surface area contributed by atoms with Crippen LogP contribution in [0.15, 0.2) is 18.2 Å². The highest BCUT2D eigenvalue weighted by Gasteiger charge is 2.29. The normalized spacial score (nSPS) is 13.2. The number of fused-ring (bicyclic) bond motifs is 1. The molecule has 0 spiro atoms. The second kappa shape index (κ2) is 7.94. The number of carbonyl (C=O) groups excluding carboxylic acids is 2. The van der Waals surface area contributed by atoms with Gasteiger partial charge in [0.2, 0.25) is 0 Å². The summed E-state index contributed by atoms with van der Waals surface area (Å²) in [6, 6.07) is 5.92. The van der Waals surface area contributed by atoms with Gasteiger partial charge in [0.1, 0.15) is 0 Å². The Morgan fingerprint density at radius 1 is 1.15 bits per heavy atom. The first-order chi connectivity index (χ1) is 13.0. The SMILES string of the molecule is CCN(CC)C(=O)c1nc(C(=O)Nc2c(C)cccc2C)c2n1CCCC2. The predicted molar refractivity (Wildman–Crippen MR) is 106 cm³/mol. The van der Waals surface area contributed by atoms with Crippen molar-refractivity contribution in [1.82, 2.24) is 14.5 Å². The van der Waals surface area contributed by atoms with E-state index in [4.69, 9.17) is 0 Å². The predicted octanol–water partition coefficient (Wildman–Crippen LogP) is 3.57. The van der Waals surface area contributed by atoms with Crippen LogP contribution in [0.3, 0.4) is 0 Å². The zero-order valence-electron chi connectivity index (χ0n) is 16.6. The standard InChI is InChI=1S/C21H28N4O2/c1-5-24(6-2)21(27)19-22-18(16-12-7-8-13-25(16)19)20(26)23-17-14(3)10-9-11-15(17)4/h9-11H,5-8,12-13H2,1-4H3,(H,23,26). The molecule has 0 atom stereocenters. The Labute approximate surface area is 160 Å². The molecule has 144 valence electrons. The van der Waals surface area contributed by atoms with Crippen LogP contribution in [0.1, 0.15) is 64.6 Å². The van der Waals surface area contributed by atoms with Gasteiger partial charge in [0.25, 0.3) is 11.8 Å². The zero-order valence-corrected chi connectivity index (χ0v) is 16.6. The average Bonchev–Trinajstić information content (AvgIpc) is 3.05. The third kappa shape index (κ3) is 3.61. The molecular weight excluding hydrogens is 340 g/mol. The topological polar surface area (TPSA) is 67.2 Å². The largest absolute Gasteiger partial charge is 0.337 e. The minimum atomic E-state index is -0.239. The number of amides is 2. The molecule has 6 heteroatoms. The second-order valence-corrected chi connectivity index (χ2v) is 7.04. The van der Waals surface area contributed by atoms with E-state index in [9.17, 15) is 9.59 Å². The van der Waals surface area contributed by atoms with Crippen molar-refractivity contribution in [1.29, 1.82) is 0 Å². The van der Waals surface area contributed by atoms with E-state index in [1.165, 1.54) is 0 Å². The molecule has 0 radical (unpaired) electrons. The van der Waals surface area contributed by atoms with Gasteiger partial charge in [-0.15, -0.1) is 0 Å². The molecule has 3 rings (SSSR count). The molecule has 2 heterocycles. The monoisotopic (exact) mass is 368 g/mol. The van der Waals surface area contributed by atoms with Crippen LogP contribution in [0.2, 0.25) is 0 Å². The summed E-state index contributed by atoms with van der Waals surface area (Å²) in [5, 5.41) is 3.01. The number of benzene rings is 1. The van der Waals surface area contributed by atoms with Gasteiger partial charge >= 0.3 is 0 Å². The average molecular weight is 368 g/mol. The highest BCUT2D eigenvalue weighted by molar-refractivity contribution is 6.05. The summed E-state index contributed by atoms with van der Waals surface area (Å²) in [7, 11) is 0. The molecule has 1 aliphatic heterocycles. The van der Waals surface area contributed by atoms with Crippen molar-refractivity contribution in [2.75, 3.05) is 18.4 Å². The first-order valence-corrected chi connectivity index (χ1v) is 9.74. The molecule has 1 N–H and O–H groups in total. The van der Waals surface area contributed by atoms with E-state index in [-0.39, 0.29) is 11.8 Å². The Bertz CT molecular complexity index is 845. The third-order valence-corrected chi connectivity index (χ3v) is 5.29. The highest BCUT2D eigenvalue weighted by atomic mass is 16.2. The lowest BCUT2D eigenvalue weighted by Gasteiger charge is -2.21. The quantitative estimate of drug-likeness (QED) is 0.877. The second-order valence-electron chi connectivity index (χ2n) is 7.04. The van der Waals surface area contributed by atoms with Crippen LogP contribution in [-0.4, -0.2) is 39.4 Å². The molecule has 0 unspecified atom stereocenters. The van der Waals surface area contributed by atoms with Crippen molar-refractivity contribution < 1.29 is 9.59 Å². The summed E-state index contributed by atoms with van der Waals surface area (Å²) in [4.78, 5) is 32.2. The Kier molecular flexibility index (Phi) is 5.63. The molecule has 0 aliphatic carbocycles. The first-order valence-electron chi connectivity index (χ1n) is 9.74. The van der Waals surface area contributed by atoms with Crippen molar-refractivity contribution in [2.24, 2.45) is 0 Å². The number of aromatic nitrogens is 2. The number of nitrogens with zero attached hydrogens (tertiary/aromatic N) is 3. The molecule has 27 heavy (non-hydrogen) atoms. The number of imidazole rings is 1. The summed E-state index contributed by atoms with van der Waals surface area (Å²) >= 11 is 0. The Balaban J connectivity index is 1.98. The highest BCUT2D eigenvalue weighted by Crippen LogP contribution is 2.25. The van der Waals surface area contributed by atoms with E-state index in [0.29, 0.717) is 24.6 Å². The molecule has 1 aromatic carbocycles. The van der Waals surface area contributed by atoms with Crippen molar-refractivity contribution in [3.8, 4) is 0 Å². The summed E-state index contributed by atoms with van der Waals surface area (Å²) < 4.78 is 1.95. The van der Waals surface area contributed by atoms with Gasteiger partial charge in [-0.3, -0.25) is 9.59 Å². The van der Waals surface area contributed by atoms with Crippen LogP contribution < -0.4 is 5.32 Å². The first kappa shape index (κ1) is 19.1. The minimum absolute atomic E-state index is 0.103. The number of hydrogen-bond donors (Lipinski definition) is 1. The number of nitrogens with one attached hydrogen (secondary N) is 1. The number of hydrogen-bond acceptors (Lipinski definition) is 3. The maximum Gasteiger partial charge on any atom is 0.289 e. The van der Waals surface area contributed by atoms with Gasteiger partial charge in [-0.2, -0.15) is 0 Å². The molecule has 0 fully saturated rings. The van der Waals surface area contributed by atoms with Gasteiger partial charge in [0, 0.05) is 25.3 Å². The molecule has 1 aliphatic rings. The van der Waals surface area contributed by atoms with E-state index in [1.54, 1.807) is 4.90 Å². The Hall–Kier alpha value is -2.63. The van der Waals surface area contributed by atoms with Crippen LogP contribution in [0, 0.1) is 13.8 Å². The lowest BCUT2D eigenvalue weighted by Crippen LogP contribution is -2.33. The molecule has 2 aromatic rings. The van der Waals surface area contributed by atoms with Crippen molar-refractivity contribution in [2.45, 2.75) is 53.5 Å². The van der Waals surface area contributed by atoms with Gasteiger partial charge in [0.15, 0.2) is 11.5 Å². The van der Waals surface area contributed by atoms with Gasteiger partial charge in [-0.1, -0.05) is 18.2 Å². The van der Waals surface area contributed by atoms with Crippen molar-refractivity contribution in [3.63, 3.8) is 0 Å². The smallest absolute Gasteiger partial charge is 0.289 e. The van der Waals surface area contributed by atoms with Crippen LogP contribution in [-0.2, 0) is 13.0 Å². The number of anilines is 1. The number of rotatable bonds is 5. The number of aryl methyl sites for hydroxylation is 2. The molecule has 0 saturated heterocycles. The van der Waals surface area contributed by atoms with Crippen LogP contribution in [0.25, 0.3) is 0 Å². The summed E-state index contributed by atoms with van der Waals surface area (Å²) in [5.41, 5.74) is 4.09. The van der Waals surface area contributed by atoms with E-state index < -0.39 is 0 Å². The maximum absolute atomic E-state index is 13.0. The Morgan fingerprint density at radius 3 is 2.44 bits per heavy atom. The molecule has 0 saturated carbocycles. The molecule has 0 bridgehead atoms. The van der Waals surface area contributed by atoms with Gasteiger partial charge in [-0.25, -0.2) is 4.98 Å². The van der Waals surface area contributed by atoms with Gasteiger partial charge < -0.3 is 14.8 Å². The third-order valence-electron chi connectivity index (χ3n) is 5.29. The Morgan fingerprint density at radius 2 is 1.81 bits per heavy atom. The van der Waals surface area contributed by atoms with Crippen LogP contribution >= 0.6 is 0 Å². The molecule has 2 amide bonds. The number of carbonyl (C=O) groups is 2. The van der Waals surface area contributed by atoms with Crippen LogP contribution in [0.5, 0.6) is 0 Å². The van der Waals surface area contributed by atoms with Crippen molar-refractivity contribution in [3.05, 3.63) is 46.5 Å². The minimum Gasteiger partial charge on any atom is -0.337 e. The van der Waals surface area contributed by atoms with Crippen molar-refractivity contribution >= 4 is 17.5 Å². The van der Waals surface area contributed by atoms with E-state index in [2.05, 4.69) is 10.3 Å². The van der Waals surface area contributed by atoms with E-state index >= 15 is 0 Å². The molecule has 1 aromatic heterocycles. The zero-order chi connectivity index (χ0) is 19.6. The lowest BCUT2D eigenvalue weighted by atomic mass is 10.1. The summed E-state index contributed by atoms with van der Waals surface area (Å²) in [6.45, 7) is 9.84. The van der Waals surface area contributed by atoms with E-state index in [0.717, 1.165) is 48.3 Å². The summed E-state index contributed by atoms with van der Waals surface area (Å²) in [6.07, 6.45) is 2.78. The summed E-state index contributed by atoms with van der Waals surface area (Å²) in [5.74, 6) is 0.0472. The van der Waals surface area contributed by atoms with Crippen LogP contribution in [0.4, 0.5) is 5.69 Å². The number of para-hydroxylation sites is 1. The molecular formula is C21H28N4O2. The van der Waals surface area contributed by atoms with Gasteiger partial charge in [0.05, 0.1) is 5.69 Å². The fourth-order valence-electron chi connectivity index (χ4n) is 3.72. The van der Waals surface area contributed by atoms with E-state index in [1.807, 2.05) is 50.5 Å². The fraction of sp³-hybridized carbons (Fsp3) is 0.476. The maximum atomic E-state index is 13.0.